The van der Waals surface area contributed by atoms with Crippen molar-refractivity contribution in [1.29, 1.82) is 0 Å². The Labute approximate surface area is 118 Å². The molecule has 0 spiro atoms. The van der Waals surface area contributed by atoms with Gasteiger partial charge >= 0.3 is 0 Å². The van der Waals surface area contributed by atoms with Crippen molar-refractivity contribution in [3.8, 4) is 0 Å². The average molecular weight is 260 g/mol. The highest BCUT2D eigenvalue weighted by molar-refractivity contribution is 5.14. The molecule has 19 heavy (non-hydrogen) atoms. The van der Waals surface area contributed by atoms with Crippen molar-refractivity contribution in [1.82, 2.24) is 10.2 Å². The third-order valence-corrected chi connectivity index (χ3v) is 4.61. The van der Waals surface area contributed by atoms with Crippen LogP contribution >= 0.6 is 0 Å². The molecule has 0 aliphatic heterocycles. The maximum Gasteiger partial charge on any atom is 0.0248 e. The number of nitrogens with zero attached hydrogens (tertiary/aromatic N) is 1. The molecular weight excluding hydrogens is 232 g/mol. The summed E-state index contributed by atoms with van der Waals surface area (Å²) in [5, 5.41) is 3.51. The van der Waals surface area contributed by atoms with E-state index in [-0.39, 0.29) is 0 Å². The van der Waals surface area contributed by atoms with Gasteiger partial charge in [0, 0.05) is 18.6 Å². The number of benzene rings is 1. The number of nitrogens with one attached hydrogen (secondary N) is 1. The van der Waals surface area contributed by atoms with Crippen LogP contribution in [0.3, 0.4) is 0 Å². The number of rotatable bonds is 5. The Hall–Kier alpha value is -0.860. The Kier molecular flexibility index (Phi) is 5.41. The molecule has 0 saturated heterocycles. The van der Waals surface area contributed by atoms with Crippen molar-refractivity contribution < 1.29 is 0 Å². The fourth-order valence-corrected chi connectivity index (χ4v) is 3.29. The van der Waals surface area contributed by atoms with Gasteiger partial charge in [0.2, 0.25) is 0 Å². The van der Waals surface area contributed by atoms with Gasteiger partial charge in [-0.05, 0) is 51.3 Å². The van der Waals surface area contributed by atoms with Gasteiger partial charge in [0.25, 0.3) is 0 Å². The molecule has 0 heterocycles. The van der Waals surface area contributed by atoms with Crippen LogP contribution in [0.15, 0.2) is 30.3 Å². The number of likely N-dealkylation sites (N-methyl/N-ethyl adjacent to an activating group) is 2. The number of hydrogen-bond acceptors (Lipinski definition) is 2. The lowest BCUT2D eigenvalue weighted by Gasteiger charge is -2.40. The van der Waals surface area contributed by atoms with Gasteiger partial charge in [-0.25, -0.2) is 0 Å². The van der Waals surface area contributed by atoms with Crippen LogP contribution in [0.25, 0.3) is 0 Å². The molecular formula is C17H28N2. The predicted molar refractivity (Wildman–Crippen MR) is 82.4 cm³/mol. The molecule has 3 atom stereocenters. The fraction of sp³-hybridized carbons (Fsp3) is 0.647. The molecule has 1 aromatic rings. The van der Waals surface area contributed by atoms with Crippen LogP contribution < -0.4 is 5.32 Å². The summed E-state index contributed by atoms with van der Waals surface area (Å²) in [7, 11) is 4.40. The Morgan fingerprint density at radius 3 is 2.63 bits per heavy atom. The van der Waals surface area contributed by atoms with E-state index in [1.54, 1.807) is 0 Å². The Balaban J connectivity index is 1.88. The summed E-state index contributed by atoms with van der Waals surface area (Å²) < 4.78 is 0. The van der Waals surface area contributed by atoms with Crippen LogP contribution in [0.5, 0.6) is 0 Å². The molecule has 2 nitrogen and oxygen atoms in total. The summed E-state index contributed by atoms with van der Waals surface area (Å²) in [5.74, 6) is 0.869. The van der Waals surface area contributed by atoms with E-state index >= 15 is 0 Å². The lowest BCUT2D eigenvalue weighted by molar-refractivity contribution is 0.129. The van der Waals surface area contributed by atoms with Crippen LogP contribution in [-0.4, -0.2) is 37.6 Å². The maximum atomic E-state index is 3.51. The van der Waals surface area contributed by atoms with Crippen LogP contribution in [-0.2, 0) is 6.42 Å². The van der Waals surface area contributed by atoms with E-state index in [0.29, 0.717) is 12.1 Å². The highest BCUT2D eigenvalue weighted by Crippen LogP contribution is 2.27. The van der Waals surface area contributed by atoms with Crippen molar-refractivity contribution in [3.63, 3.8) is 0 Å². The Morgan fingerprint density at radius 2 is 1.95 bits per heavy atom. The number of hydrogen-bond donors (Lipinski definition) is 1. The lowest BCUT2D eigenvalue weighted by Crippen LogP contribution is -2.51. The molecule has 0 aromatic heterocycles. The summed E-state index contributed by atoms with van der Waals surface area (Å²) >= 11 is 0. The Morgan fingerprint density at radius 1 is 1.21 bits per heavy atom. The molecule has 1 aromatic carbocycles. The van der Waals surface area contributed by atoms with Crippen molar-refractivity contribution in [2.24, 2.45) is 5.92 Å². The minimum absolute atomic E-state index is 0.664. The zero-order valence-corrected chi connectivity index (χ0v) is 12.6. The maximum absolute atomic E-state index is 3.51. The van der Waals surface area contributed by atoms with Gasteiger partial charge in [-0.15, -0.1) is 0 Å². The monoisotopic (exact) mass is 260 g/mol. The van der Waals surface area contributed by atoms with Gasteiger partial charge in [0.05, 0.1) is 0 Å². The van der Waals surface area contributed by atoms with E-state index in [1.165, 1.54) is 24.8 Å². The van der Waals surface area contributed by atoms with Crippen LogP contribution in [0, 0.1) is 5.92 Å². The van der Waals surface area contributed by atoms with Crippen LogP contribution in [0.1, 0.15) is 31.7 Å². The summed E-state index contributed by atoms with van der Waals surface area (Å²) in [6, 6.07) is 12.2. The smallest absolute Gasteiger partial charge is 0.0248 e. The zero-order chi connectivity index (χ0) is 13.7. The normalized spacial score (nSPS) is 27.7. The topological polar surface area (TPSA) is 15.3 Å². The molecule has 0 amide bonds. The van der Waals surface area contributed by atoms with Crippen molar-refractivity contribution >= 4 is 0 Å². The SMILES string of the molecule is CNC1CCC(C)CC1N(C)CCc1ccccc1. The van der Waals surface area contributed by atoms with Crippen LogP contribution in [0.2, 0.25) is 0 Å². The van der Waals surface area contributed by atoms with E-state index in [1.807, 2.05) is 0 Å². The van der Waals surface area contributed by atoms with Gasteiger partial charge in [-0.2, -0.15) is 0 Å². The molecule has 1 aliphatic carbocycles. The highest BCUT2D eigenvalue weighted by atomic mass is 15.2. The molecule has 1 N–H and O–H groups in total. The first-order chi connectivity index (χ1) is 9.20. The zero-order valence-electron chi connectivity index (χ0n) is 12.6. The van der Waals surface area contributed by atoms with E-state index in [4.69, 9.17) is 0 Å². The molecule has 1 fully saturated rings. The first-order valence-electron chi connectivity index (χ1n) is 7.62. The van der Waals surface area contributed by atoms with Crippen molar-refractivity contribution in [2.45, 2.75) is 44.7 Å². The predicted octanol–water partition coefficient (Wildman–Crippen LogP) is 2.94. The largest absolute Gasteiger partial charge is 0.315 e. The summed E-state index contributed by atoms with van der Waals surface area (Å²) in [4.78, 5) is 2.56. The Bertz CT molecular complexity index is 363. The van der Waals surface area contributed by atoms with Gasteiger partial charge in [0.15, 0.2) is 0 Å². The third kappa shape index (κ3) is 4.05. The summed E-state index contributed by atoms with van der Waals surface area (Å²) in [6.45, 7) is 3.55. The van der Waals surface area contributed by atoms with Crippen molar-refractivity contribution in [3.05, 3.63) is 35.9 Å². The van der Waals surface area contributed by atoms with E-state index in [0.717, 1.165) is 18.9 Å². The molecule has 3 unspecified atom stereocenters. The second-order valence-corrected chi connectivity index (χ2v) is 6.10. The molecule has 0 bridgehead atoms. The quantitative estimate of drug-likeness (QED) is 0.875. The van der Waals surface area contributed by atoms with Gasteiger partial charge < -0.3 is 10.2 Å². The van der Waals surface area contributed by atoms with Gasteiger partial charge in [-0.3, -0.25) is 0 Å². The first kappa shape index (κ1) is 14.5. The van der Waals surface area contributed by atoms with E-state index < -0.39 is 0 Å². The molecule has 1 saturated carbocycles. The summed E-state index contributed by atoms with van der Waals surface area (Å²) in [5.41, 5.74) is 1.44. The van der Waals surface area contributed by atoms with Crippen molar-refractivity contribution in [2.75, 3.05) is 20.6 Å². The fourth-order valence-electron chi connectivity index (χ4n) is 3.29. The molecule has 0 radical (unpaired) electrons. The standard InChI is InChI=1S/C17H28N2/c1-14-9-10-16(18-2)17(13-14)19(3)12-11-15-7-5-4-6-8-15/h4-8,14,16-18H,9-13H2,1-3H3. The van der Waals surface area contributed by atoms with Gasteiger partial charge in [-0.1, -0.05) is 37.3 Å². The second-order valence-electron chi connectivity index (χ2n) is 6.10. The lowest BCUT2D eigenvalue weighted by atomic mass is 9.82. The minimum Gasteiger partial charge on any atom is -0.315 e. The molecule has 2 heteroatoms. The molecule has 1 aliphatic rings. The summed E-state index contributed by atoms with van der Waals surface area (Å²) in [6.07, 6.45) is 5.17. The average Bonchev–Trinajstić information content (AvgIpc) is 2.46. The van der Waals surface area contributed by atoms with E-state index in [9.17, 15) is 0 Å². The van der Waals surface area contributed by atoms with Crippen LogP contribution in [0.4, 0.5) is 0 Å². The third-order valence-electron chi connectivity index (χ3n) is 4.61. The molecule has 2 rings (SSSR count). The second kappa shape index (κ2) is 7.06. The minimum atomic E-state index is 0.664. The molecule has 106 valence electrons. The van der Waals surface area contributed by atoms with E-state index in [2.05, 4.69) is 61.6 Å². The van der Waals surface area contributed by atoms with Gasteiger partial charge in [0.1, 0.15) is 0 Å². The highest BCUT2D eigenvalue weighted by Gasteiger charge is 2.30. The first-order valence-corrected chi connectivity index (χ1v) is 7.62.